The first-order valence-corrected chi connectivity index (χ1v) is 13.8. The van der Waals surface area contributed by atoms with Crippen LogP contribution in [0.2, 0.25) is 0 Å². The molecular weight excluding hydrogens is 574 g/mol. The number of pyridine rings is 1. The average molecular weight is 603 g/mol. The van der Waals surface area contributed by atoms with Gasteiger partial charge < -0.3 is 35.3 Å². The van der Waals surface area contributed by atoms with Gasteiger partial charge in [-0.3, -0.25) is 15.3 Å². The number of aliphatic imine (C=N–C) groups is 1. The molecule has 0 radical (unpaired) electrons. The molecule has 3 unspecified atom stereocenters. The normalized spacial score (nSPS) is 16.2. The Morgan fingerprint density at radius 1 is 1.26 bits per heavy atom. The molecule has 1 aromatic heterocycles. The van der Waals surface area contributed by atoms with E-state index in [0.29, 0.717) is 18.3 Å². The van der Waals surface area contributed by atoms with E-state index in [1.165, 1.54) is 36.4 Å². The molecule has 42 heavy (non-hydrogen) atoms. The summed E-state index contributed by atoms with van der Waals surface area (Å²) in [7, 11) is 1.76. The molecule has 0 amide bonds. The van der Waals surface area contributed by atoms with Crippen molar-refractivity contribution in [3.8, 4) is 28.9 Å². The second-order valence-electron chi connectivity index (χ2n) is 8.97. The fraction of sp³-hybridized carbons (Fsp3) is 0.259. The molecule has 4 rings (SSSR count). The first-order chi connectivity index (χ1) is 20.0. The number of nitrogens with zero attached hydrogens (tertiary/aromatic N) is 3. The van der Waals surface area contributed by atoms with Crippen molar-refractivity contribution >= 4 is 29.2 Å². The van der Waals surface area contributed by atoms with Crippen molar-refractivity contribution < 1.29 is 37.4 Å². The molecule has 2 heterocycles. The number of phenols is 1. The van der Waals surface area contributed by atoms with Crippen molar-refractivity contribution in [1.82, 2.24) is 9.88 Å². The third-order valence-electron chi connectivity index (χ3n) is 6.14. The maximum atomic E-state index is 15.5. The maximum Gasteiger partial charge on any atom is 0.361 e. The summed E-state index contributed by atoms with van der Waals surface area (Å²) in [6.45, 7) is 1.93. The summed E-state index contributed by atoms with van der Waals surface area (Å²) in [6.07, 6.45) is 1.65. The number of rotatable bonds is 11. The van der Waals surface area contributed by atoms with Gasteiger partial charge in [-0.15, -0.1) is 0 Å². The molecule has 0 saturated heterocycles. The predicted molar refractivity (Wildman–Crippen MR) is 150 cm³/mol. The number of halogens is 2. The highest BCUT2D eigenvalue weighted by atomic mass is 32.2. The van der Waals surface area contributed by atoms with Crippen molar-refractivity contribution in [3.05, 3.63) is 65.4 Å². The molecule has 0 bridgehead atoms. The molecule has 0 saturated carbocycles. The molecule has 1 aliphatic rings. The largest absolute Gasteiger partial charge is 0.611 e. The van der Waals surface area contributed by atoms with Crippen molar-refractivity contribution in [2.24, 2.45) is 16.5 Å². The van der Waals surface area contributed by atoms with Crippen molar-refractivity contribution in [1.29, 1.82) is 5.41 Å². The van der Waals surface area contributed by atoms with Gasteiger partial charge in [-0.25, -0.2) is 14.2 Å². The van der Waals surface area contributed by atoms with Gasteiger partial charge in [0, 0.05) is 41.1 Å². The minimum Gasteiger partial charge on any atom is -0.611 e. The van der Waals surface area contributed by atoms with Crippen LogP contribution in [-0.4, -0.2) is 69.6 Å². The van der Waals surface area contributed by atoms with Gasteiger partial charge in [0.2, 0.25) is 16.8 Å². The summed E-state index contributed by atoms with van der Waals surface area (Å²) in [5, 5.41) is 16.5. The van der Waals surface area contributed by atoms with Crippen LogP contribution in [0.15, 0.2) is 52.5 Å². The molecule has 15 heteroatoms. The van der Waals surface area contributed by atoms with Crippen molar-refractivity contribution in [2.75, 3.05) is 26.7 Å². The maximum absolute atomic E-state index is 15.5. The van der Waals surface area contributed by atoms with Gasteiger partial charge in [-0.1, -0.05) is 0 Å². The number of esters is 1. The minimum absolute atomic E-state index is 0.0246. The van der Waals surface area contributed by atoms with E-state index in [2.05, 4.69) is 9.98 Å². The van der Waals surface area contributed by atoms with Gasteiger partial charge in [0.25, 0.3) is 5.88 Å². The van der Waals surface area contributed by atoms with E-state index in [0.717, 1.165) is 0 Å². The SMILES string of the molecule is CCOC(=O)C(CN)[S+]([O-])c1ccc(Oc2c(F)cnc(Oc3cc(C(=N)N)ccc3O)c2F)c(C2N=CCN2C)c1. The summed E-state index contributed by atoms with van der Waals surface area (Å²) in [6, 6.07) is 7.95. The van der Waals surface area contributed by atoms with Crippen LogP contribution in [0.4, 0.5) is 8.78 Å². The van der Waals surface area contributed by atoms with Crippen LogP contribution in [0.5, 0.6) is 28.9 Å². The number of aromatic nitrogens is 1. The molecule has 0 fully saturated rings. The minimum atomic E-state index is -1.92. The molecule has 0 spiro atoms. The van der Waals surface area contributed by atoms with E-state index in [4.69, 9.17) is 31.1 Å². The number of nitrogen functional groups attached to an aromatic ring is 1. The highest BCUT2D eigenvalue weighted by molar-refractivity contribution is 7.92. The number of carbonyl (C=O) groups is 1. The standard InChI is InChI=1S/C27H28F2N6O6S/c1-3-39-27(37)21(12-30)42(38)15-5-7-19(16(11-15)25-33-8-9-35(25)2)40-23-17(28)13-34-26(22(23)29)41-20-10-14(24(31)32)4-6-18(20)36/h4-8,10-11,13,21,25,36H,3,9,12,30H2,1-2H3,(H3,31,32). The Labute approximate surface area is 242 Å². The number of ether oxygens (including phenoxy) is 3. The Morgan fingerprint density at radius 2 is 2.02 bits per heavy atom. The van der Waals surface area contributed by atoms with Crippen LogP contribution < -0.4 is 20.9 Å². The van der Waals surface area contributed by atoms with Crippen LogP contribution in [0.3, 0.4) is 0 Å². The second kappa shape index (κ2) is 13.1. The van der Waals surface area contributed by atoms with Crippen LogP contribution >= 0.6 is 0 Å². The summed E-state index contributed by atoms with van der Waals surface area (Å²) in [4.78, 5) is 22.3. The molecule has 222 valence electrons. The molecule has 3 atom stereocenters. The first kappa shape index (κ1) is 30.6. The fourth-order valence-corrected chi connectivity index (χ4v) is 5.19. The lowest BCUT2D eigenvalue weighted by atomic mass is 10.1. The fourth-order valence-electron chi connectivity index (χ4n) is 4.00. The van der Waals surface area contributed by atoms with Crippen LogP contribution in [0, 0.1) is 17.0 Å². The third kappa shape index (κ3) is 6.44. The van der Waals surface area contributed by atoms with E-state index in [1.54, 1.807) is 25.1 Å². The zero-order chi connectivity index (χ0) is 30.6. The number of benzene rings is 2. The van der Waals surface area contributed by atoms with Gasteiger partial charge in [-0.05, 0) is 44.3 Å². The first-order valence-electron chi connectivity index (χ1n) is 12.6. The monoisotopic (exact) mass is 602 g/mol. The molecule has 6 N–H and O–H groups in total. The number of amidine groups is 1. The van der Waals surface area contributed by atoms with Crippen LogP contribution in [0.25, 0.3) is 0 Å². The highest BCUT2D eigenvalue weighted by Crippen LogP contribution is 2.40. The third-order valence-corrected chi connectivity index (χ3v) is 7.76. The summed E-state index contributed by atoms with van der Waals surface area (Å²) < 4.78 is 59.8. The van der Waals surface area contributed by atoms with E-state index < -0.39 is 57.6 Å². The molecule has 0 aliphatic carbocycles. The number of phenolic OH excluding ortho intramolecular Hbond substituents is 1. The predicted octanol–water partition coefficient (Wildman–Crippen LogP) is 2.95. The molecular formula is C27H28F2N6O6S. The second-order valence-corrected chi connectivity index (χ2v) is 10.6. The van der Waals surface area contributed by atoms with Gasteiger partial charge >= 0.3 is 5.97 Å². The number of carbonyl (C=O) groups excluding carboxylic acids is 1. The van der Waals surface area contributed by atoms with Gasteiger partial charge in [0.1, 0.15) is 17.8 Å². The quantitative estimate of drug-likeness (QED) is 0.110. The summed E-state index contributed by atoms with van der Waals surface area (Å²) in [5.41, 5.74) is 11.7. The highest BCUT2D eigenvalue weighted by Gasteiger charge is 2.34. The van der Waals surface area contributed by atoms with Crippen LogP contribution in [0.1, 0.15) is 24.2 Å². The topological polar surface area (TPSA) is 192 Å². The average Bonchev–Trinajstić information content (AvgIpc) is 3.39. The Balaban J connectivity index is 1.72. The number of nitrogens with two attached hydrogens (primary N) is 2. The smallest absolute Gasteiger partial charge is 0.361 e. The van der Waals surface area contributed by atoms with Crippen LogP contribution in [-0.2, 0) is 20.7 Å². The Bertz CT molecular complexity index is 1530. The number of hydrogen-bond donors (Lipinski definition) is 4. The van der Waals surface area contributed by atoms with Gasteiger partial charge in [0.05, 0.1) is 19.3 Å². The van der Waals surface area contributed by atoms with E-state index in [1.807, 2.05) is 0 Å². The van der Waals surface area contributed by atoms with Gasteiger partial charge in [-0.2, -0.15) is 4.39 Å². The Morgan fingerprint density at radius 3 is 2.67 bits per heavy atom. The lowest BCUT2D eigenvalue weighted by molar-refractivity contribution is -0.142. The number of aromatic hydroxyl groups is 1. The lowest BCUT2D eigenvalue weighted by Crippen LogP contribution is -2.38. The molecule has 3 aromatic rings. The van der Waals surface area contributed by atoms with Crippen molar-refractivity contribution in [3.63, 3.8) is 0 Å². The Kier molecular flexibility index (Phi) is 9.57. The summed E-state index contributed by atoms with van der Waals surface area (Å²) in [5.74, 6) is -5.83. The lowest BCUT2D eigenvalue weighted by Gasteiger charge is -2.23. The zero-order valence-electron chi connectivity index (χ0n) is 22.5. The van der Waals surface area contributed by atoms with Gasteiger partial charge in [0.15, 0.2) is 22.2 Å². The zero-order valence-corrected chi connectivity index (χ0v) is 23.4. The molecule has 2 aromatic carbocycles. The summed E-state index contributed by atoms with van der Waals surface area (Å²) >= 11 is -1.92. The Hall–Kier alpha value is -4.31. The molecule has 1 aliphatic heterocycles. The van der Waals surface area contributed by atoms with Crippen molar-refractivity contribution in [2.45, 2.75) is 23.2 Å². The van der Waals surface area contributed by atoms with E-state index >= 15 is 4.39 Å². The number of hydrogen-bond acceptors (Lipinski definition) is 11. The van der Waals surface area contributed by atoms with E-state index in [-0.39, 0.29) is 40.9 Å². The molecule has 12 nitrogen and oxygen atoms in total. The van der Waals surface area contributed by atoms with E-state index in [9.17, 15) is 18.8 Å². The number of nitrogens with one attached hydrogen (secondary N) is 1.